The predicted molar refractivity (Wildman–Crippen MR) is 111 cm³/mol. The fourth-order valence-corrected chi connectivity index (χ4v) is 3.71. The molecule has 1 amide bonds. The summed E-state index contributed by atoms with van der Waals surface area (Å²) in [7, 11) is 0. The Labute approximate surface area is 162 Å². The minimum Gasteiger partial charge on any atom is -0.484 e. The van der Waals surface area contributed by atoms with E-state index in [9.17, 15) is 4.79 Å². The Morgan fingerprint density at radius 2 is 1.63 bits per heavy atom. The summed E-state index contributed by atoms with van der Waals surface area (Å²) < 4.78 is 5.73. The van der Waals surface area contributed by atoms with Crippen molar-refractivity contribution in [2.45, 2.75) is 45.1 Å². The quantitative estimate of drug-likeness (QED) is 0.665. The number of amides is 1. The Hall–Kier alpha value is -2.55. The third kappa shape index (κ3) is 5.99. The van der Waals surface area contributed by atoms with Crippen molar-refractivity contribution in [1.82, 2.24) is 4.90 Å². The van der Waals surface area contributed by atoms with Gasteiger partial charge >= 0.3 is 0 Å². The van der Waals surface area contributed by atoms with Gasteiger partial charge in [0.2, 0.25) is 0 Å². The van der Waals surface area contributed by atoms with Gasteiger partial charge in [-0.25, -0.2) is 0 Å². The maximum atomic E-state index is 13.0. The zero-order valence-electron chi connectivity index (χ0n) is 16.1. The first-order valence-electron chi connectivity index (χ1n) is 9.92. The molecule has 1 saturated carbocycles. The Kier molecular flexibility index (Phi) is 7.09. The SMILES string of the molecule is C/C(=C\c1ccccc1)CN(C(=O)COc1ccccc1)C1CCCCC1. The molecule has 0 radical (unpaired) electrons. The molecule has 1 fully saturated rings. The van der Waals surface area contributed by atoms with E-state index in [1.165, 1.54) is 30.4 Å². The lowest BCUT2D eigenvalue weighted by Crippen LogP contribution is -2.44. The maximum Gasteiger partial charge on any atom is 0.261 e. The number of hydrogen-bond donors (Lipinski definition) is 0. The Balaban J connectivity index is 1.68. The molecule has 0 atom stereocenters. The molecule has 2 aromatic rings. The number of carbonyl (C=O) groups excluding carboxylic acids is 1. The number of benzene rings is 2. The fraction of sp³-hybridized carbons (Fsp3) is 0.375. The molecule has 0 saturated heterocycles. The van der Waals surface area contributed by atoms with E-state index < -0.39 is 0 Å². The number of nitrogens with zero attached hydrogens (tertiary/aromatic N) is 1. The molecule has 1 aliphatic carbocycles. The van der Waals surface area contributed by atoms with Crippen molar-refractivity contribution in [3.8, 4) is 5.75 Å². The minimum absolute atomic E-state index is 0.0755. The van der Waals surface area contributed by atoms with Crippen molar-refractivity contribution in [3.05, 3.63) is 71.8 Å². The van der Waals surface area contributed by atoms with E-state index in [1.54, 1.807) is 0 Å². The minimum atomic E-state index is 0.0755. The van der Waals surface area contributed by atoms with Gasteiger partial charge in [0, 0.05) is 12.6 Å². The van der Waals surface area contributed by atoms with Gasteiger partial charge in [0.25, 0.3) is 5.91 Å². The smallest absolute Gasteiger partial charge is 0.261 e. The number of hydrogen-bond acceptors (Lipinski definition) is 2. The monoisotopic (exact) mass is 363 g/mol. The van der Waals surface area contributed by atoms with Gasteiger partial charge in [-0.1, -0.05) is 79.4 Å². The maximum absolute atomic E-state index is 13.0. The van der Waals surface area contributed by atoms with Crippen LogP contribution in [0.4, 0.5) is 0 Å². The predicted octanol–water partition coefficient (Wildman–Crippen LogP) is 5.33. The summed E-state index contributed by atoms with van der Waals surface area (Å²) in [5, 5.41) is 0. The third-order valence-corrected chi connectivity index (χ3v) is 5.07. The Bertz CT molecular complexity index is 733. The molecule has 142 valence electrons. The highest BCUT2D eigenvalue weighted by Crippen LogP contribution is 2.24. The molecule has 3 rings (SSSR count). The molecule has 0 aliphatic heterocycles. The van der Waals surface area contributed by atoms with Crippen LogP contribution in [0.2, 0.25) is 0 Å². The molecular weight excluding hydrogens is 334 g/mol. The highest BCUT2D eigenvalue weighted by Gasteiger charge is 2.25. The van der Waals surface area contributed by atoms with Gasteiger partial charge in [-0.2, -0.15) is 0 Å². The normalized spacial score (nSPS) is 15.4. The molecule has 0 spiro atoms. The van der Waals surface area contributed by atoms with E-state index in [1.807, 2.05) is 53.4 Å². The zero-order valence-corrected chi connectivity index (χ0v) is 16.1. The summed E-state index contributed by atoms with van der Waals surface area (Å²) in [5.74, 6) is 0.817. The molecule has 0 bridgehead atoms. The standard InChI is InChI=1S/C24H29NO2/c1-20(17-21-11-5-2-6-12-21)18-25(22-13-7-3-8-14-22)24(26)19-27-23-15-9-4-10-16-23/h2,4-6,9-12,15-17,22H,3,7-8,13-14,18-19H2,1H3/b20-17+. The molecule has 3 heteroatoms. The zero-order chi connectivity index (χ0) is 18.9. The first kappa shape index (κ1) is 19.2. The lowest BCUT2D eigenvalue weighted by Gasteiger charge is -2.34. The van der Waals surface area contributed by atoms with E-state index in [4.69, 9.17) is 4.74 Å². The van der Waals surface area contributed by atoms with Crippen molar-refractivity contribution >= 4 is 12.0 Å². The first-order valence-corrected chi connectivity index (χ1v) is 9.92. The molecule has 1 aliphatic rings. The van der Waals surface area contributed by atoms with Gasteiger partial charge in [0.1, 0.15) is 5.75 Å². The van der Waals surface area contributed by atoms with Crippen LogP contribution < -0.4 is 4.74 Å². The van der Waals surface area contributed by atoms with Crippen molar-refractivity contribution in [2.24, 2.45) is 0 Å². The second-order valence-corrected chi connectivity index (χ2v) is 7.32. The highest BCUT2D eigenvalue weighted by atomic mass is 16.5. The second-order valence-electron chi connectivity index (χ2n) is 7.32. The van der Waals surface area contributed by atoms with Crippen LogP contribution in [0.1, 0.15) is 44.6 Å². The van der Waals surface area contributed by atoms with Gasteiger partial charge in [0.05, 0.1) is 0 Å². The van der Waals surface area contributed by atoms with Gasteiger partial charge in [0.15, 0.2) is 6.61 Å². The van der Waals surface area contributed by atoms with E-state index in [0.717, 1.165) is 18.6 Å². The van der Waals surface area contributed by atoms with Crippen LogP contribution in [0.25, 0.3) is 6.08 Å². The second kappa shape index (κ2) is 9.96. The van der Waals surface area contributed by atoms with Gasteiger partial charge < -0.3 is 9.64 Å². The van der Waals surface area contributed by atoms with Crippen molar-refractivity contribution < 1.29 is 9.53 Å². The van der Waals surface area contributed by atoms with Crippen LogP contribution in [0, 0.1) is 0 Å². The molecule has 0 heterocycles. The van der Waals surface area contributed by atoms with E-state index >= 15 is 0 Å². The topological polar surface area (TPSA) is 29.5 Å². The molecule has 2 aromatic carbocycles. The van der Waals surface area contributed by atoms with E-state index in [-0.39, 0.29) is 12.5 Å². The van der Waals surface area contributed by atoms with Crippen LogP contribution in [0.3, 0.4) is 0 Å². The van der Waals surface area contributed by atoms with Crippen molar-refractivity contribution in [1.29, 1.82) is 0 Å². The number of ether oxygens (including phenoxy) is 1. The van der Waals surface area contributed by atoms with Crippen LogP contribution in [-0.4, -0.2) is 30.0 Å². The Morgan fingerprint density at radius 1 is 1.00 bits per heavy atom. The lowest BCUT2D eigenvalue weighted by molar-refractivity contribution is -0.135. The van der Waals surface area contributed by atoms with Crippen LogP contribution in [0.5, 0.6) is 5.75 Å². The number of carbonyl (C=O) groups is 1. The summed E-state index contributed by atoms with van der Waals surface area (Å²) in [6.45, 7) is 2.86. The summed E-state index contributed by atoms with van der Waals surface area (Å²) >= 11 is 0. The van der Waals surface area contributed by atoms with Crippen LogP contribution in [0.15, 0.2) is 66.2 Å². The average molecular weight is 364 g/mol. The molecule has 3 nitrogen and oxygen atoms in total. The largest absolute Gasteiger partial charge is 0.484 e. The van der Waals surface area contributed by atoms with Crippen molar-refractivity contribution in [3.63, 3.8) is 0 Å². The van der Waals surface area contributed by atoms with Gasteiger partial charge in [-0.3, -0.25) is 4.79 Å². The van der Waals surface area contributed by atoms with Gasteiger partial charge in [-0.05, 0) is 37.5 Å². The molecule has 0 N–H and O–H groups in total. The van der Waals surface area contributed by atoms with Crippen LogP contribution >= 0.6 is 0 Å². The summed E-state index contributed by atoms with van der Waals surface area (Å²) in [6, 6.07) is 20.2. The summed E-state index contributed by atoms with van der Waals surface area (Å²) in [5.41, 5.74) is 2.37. The molecule has 0 aromatic heterocycles. The van der Waals surface area contributed by atoms with E-state index in [2.05, 4.69) is 25.1 Å². The molecular formula is C24H29NO2. The average Bonchev–Trinajstić information content (AvgIpc) is 2.72. The summed E-state index contributed by atoms with van der Waals surface area (Å²) in [6.07, 6.45) is 8.04. The number of rotatable bonds is 7. The Morgan fingerprint density at radius 3 is 2.30 bits per heavy atom. The number of para-hydroxylation sites is 1. The van der Waals surface area contributed by atoms with Gasteiger partial charge in [-0.15, -0.1) is 0 Å². The van der Waals surface area contributed by atoms with Crippen LogP contribution in [-0.2, 0) is 4.79 Å². The first-order chi connectivity index (χ1) is 13.2. The molecule has 27 heavy (non-hydrogen) atoms. The third-order valence-electron chi connectivity index (χ3n) is 5.07. The van der Waals surface area contributed by atoms with Crippen molar-refractivity contribution in [2.75, 3.05) is 13.2 Å². The molecule has 0 unspecified atom stereocenters. The highest BCUT2D eigenvalue weighted by molar-refractivity contribution is 5.78. The lowest BCUT2D eigenvalue weighted by atomic mass is 9.93. The van der Waals surface area contributed by atoms with E-state index in [0.29, 0.717) is 12.6 Å². The fourth-order valence-electron chi connectivity index (χ4n) is 3.71. The summed E-state index contributed by atoms with van der Waals surface area (Å²) in [4.78, 5) is 15.0.